The van der Waals surface area contributed by atoms with Crippen LogP contribution in [0.1, 0.15) is 29.9 Å². The molecule has 0 saturated carbocycles. The smallest absolute Gasteiger partial charge is 0.311 e. The van der Waals surface area contributed by atoms with E-state index in [1.807, 2.05) is 18.2 Å². The Hall–Kier alpha value is -2.27. The summed E-state index contributed by atoms with van der Waals surface area (Å²) in [6.45, 7) is 2.37. The van der Waals surface area contributed by atoms with Gasteiger partial charge >= 0.3 is 5.97 Å². The predicted octanol–water partition coefficient (Wildman–Crippen LogP) is 4.05. The molecule has 2 aromatic rings. The number of benzene rings is 2. The number of rotatable bonds is 5. The summed E-state index contributed by atoms with van der Waals surface area (Å²) in [5.41, 5.74) is 1.30. The van der Waals surface area contributed by atoms with Crippen LogP contribution in [0.2, 0.25) is 0 Å². The van der Waals surface area contributed by atoms with Crippen LogP contribution in [-0.4, -0.2) is 29.1 Å². The number of likely N-dealkylation sites (tertiary alicyclic amines) is 1. The summed E-state index contributed by atoms with van der Waals surface area (Å²) in [5, 5.41) is 9.60. The first kappa shape index (κ1) is 17.5. The lowest BCUT2D eigenvalue weighted by molar-refractivity contribution is -0.140. The highest BCUT2D eigenvalue weighted by Gasteiger charge is 2.34. The first-order valence-corrected chi connectivity index (χ1v) is 8.48. The van der Waals surface area contributed by atoms with Gasteiger partial charge in [0, 0.05) is 18.2 Å². The molecule has 1 atom stereocenters. The maximum absolute atomic E-state index is 14.1. The van der Waals surface area contributed by atoms with Gasteiger partial charge in [-0.05, 0) is 43.5 Å². The molecule has 3 nitrogen and oxygen atoms in total. The molecule has 0 aliphatic carbocycles. The number of aliphatic carboxylic acids is 1. The Labute approximate surface area is 145 Å². The van der Waals surface area contributed by atoms with Crippen molar-refractivity contribution < 1.29 is 18.7 Å². The maximum atomic E-state index is 14.1. The zero-order chi connectivity index (χ0) is 17.8. The van der Waals surface area contributed by atoms with E-state index in [1.54, 1.807) is 0 Å². The Bertz CT molecular complexity index is 728. The second kappa shape index (κ2) is 7.74. The lowest BCUT2D eigenvalue weighted by Gasteiger charge is -2.35. The molecule has 0 amide bonds. The molecule has 1 heterocycles. The van der Waals surface area contributed by atoms with Crippen molar-refractivity contribution >= 4 is 5.97 Å². The summed E-state index contributed by atoms with van der Waals surface area (Å²) in [6, 6.07) is 13.3. The summed E-state index contributed by atoms with van der Waals surface area (Å²) < 4.78 is 27.2. The maximum Gasteiger partial charge on any atom is 0.311 e. The van der Waals surface area contributed by atoms with Gasteiger partial charge in [0.05, 0.1) is 5.92 Å². The number of hydrogen-bond acceptors (Lipinski definition) is 2. The van der Waals surface area contributed by atoms with E-state index >= 15 is 0 Å². The zero-order valence-corrected chi connectivity index (χ0v) is 13.9. The van der Waals surface area contributed by atoms with Crippen molar-refractivity contribution in [3.8, 4) is 0 Å². The normalized spacial score (nSPS) is 17.4. The molecular weight excluding hydrogens is 324 g/mol. The van der Waals surface area contributed by atoms with Gasteiger partial charge < -0.3 is 5.11 Å². The van der Waals surface area contributed by atoms with Crippen molar-refractivity contribution in [2.75, 3.05) is 13.1 Å². The van der Waals surface area contributed by atoms with E-state index in [0.29, 0.717) is 12.8 Å². The van der Waals surface area contributed by atoms with Crippen LogP contribution >= 0.6 is 0 Å². The highest BCUT2D eigenvalue weighted by Crippen LogP contribution is 2.35. The van der Waals surface area contributed by atoms with Gasteiger partial charge in [-0.2, -0.15) is 0 Å². The minimum atomic E-state index is -1.05. The average molecular weight is 345 g/mol. The topological polar surface area (TPSA) is 40.5 Å². The molecule has 1 aliphatic rings. The van der Waals surface area contributed by atoms with Crippen molar-refractivity contribution in [2.45, 2.75) is 25.3 Å². The number of piperidine rings is 1. The molecule has 2 aromatic carbocycles. The molecule has 1 N–H and O–H groups in total. The predicted molar refractivity (Wildman–Crippen MR) is 91.2 cm³/mol. The van der Waals surface area contributed by atoms with Crippen LogP contribution in [0.15, 0.2) is 48.5 Å². The van der Waals surface area contributed by atoms with E-state index in [-0.39, 0.29) is 11.5 Å². The Balaban J connectivity index is 1.68. The Morgan fingerprint density at radius 3 is 2.40 bits per heavy atom. The van der Waals surface area contributed by atoms with Crippen molar-refractivity contribution in [3.63, 3.8) is 0 Å². The van der Waals surface area contributed by atoms with E-state index in [9.17, 15) is 18.7 Å². The number of carbonyl (C=O) groups is 1. The molecule has 0 aromatic heterocycles. The van der Waals surface area contributed by atoms with Crippen LogP contribution in [0, 0.1) is 17.6 Å². The van der Waals surface area contributed by atoms with Crippen molar-refractivity contribution in [1.82, 2.24) is 4.90 Å². The summed E-state index contributed by atoms with van der Waals surface area (Å²) in [7, 11) is 0. The Morgan fingerprint density at radius 2 is 1.80 bits per heavy atom. The lowest BCUT2D eigenvalue weighted by atomic mass is 9.79. The van der Waals surface area contributed by atoms with Gasteiger partial charge in [-0.3, -0.25) is 9.69 Å². The number of hydrogen-bond donors (Lipinski definition) is 1. The van der Waals surface area contributed by atoms with Crippen LogP contribution in [0.5, 0.6) is 0 Å². The average Bonchev–Trinajstić information content (AvgIpc) is 2.59. The monoisotopic (exact) mass is 345 g/mol. The van der Waals surface area contributed by atoms with E-state index in [2.05, 4.69) is 17.0 Å². The van der Waals surface area contributed by atoms with E-state index in [0.717, 1.165) is 31.8 Å². The first-order valence-electron chi connectivity index (χ1n) is 8.48. The van der Waals surface area contributed by atoms with E-state index in [4.69, 9.17) is 0 Å². The van der Waals surface area contributed by atoms with Gasteiger partial charge in [-0.25, -0.2) is 8.78 Å². The van der Waals surface area contributed by atoms with Gasteiger partial charge in [0.2, 0.25) is 0 Å². The van der Waals surface area contributed by atoms with Crippen molar-refractivity contribution in [3.05, 3.63) is 71.3 Å². The third-order valence-electron chi connectivity index (χ3n) is 4.92. The van der Waals surface area contributed by atoms with Crippen molar-refractivity contribution in [1.29, 1.82) is 0 Å². The molecule has 0 radical (unpaired) electrons. The van der Waals surface area contributed by atoms with Crippen molar-refractivity contribution in [2.24, 2.45) is 5.92 Å². The van der Waals surface area contributed by atoms with Crippen LogP contribution in [0.25, 0.3) is 0 Å². The van der Waals surface area contributed by atoms with Crippen LogP contribution < -0.4 is 0 Å². The second-order valence-corrected chi connectivity index (χ2v) is 6.58. The molecule has 5 heteroatoms. The lowest BCUT2D eigenvalue weighted by Crippen LogP contribution is -2.37. The van der Waals surface area contributed by atoms with Crippen LogP contribution in [0.3, 0.4) is 0 Å². The minimum Gasteiger partial charge on any atom is -0.481 e. The quantitative estimate of drug-likeness (QED) is 0.889. The highest BCUT2D eigenvalue weighted by atomic mass is 19.1. The van der Waals surface area contributed by atoms with E-state index < -0.39 is 23.5 Å². The third kappa shape index (κ3) is 4.23. The molecule has 3 rings (SSSR count). The molecule has 1 saturated heterocycles. The fourth-order valence-corrected chi connectivity index (χ4v) is 3.63. The van der Waals surface area contributed by atoms with Gasteiger partial charge in [0.1, 0.15) is 11.6 Å². The van der Waals surface area contributed by atoms with E-state index in [1.165, 1.54) is 11.6 Å². The van der Waals surface area contributed by atoms with Gasteiger partial charge in [0.25, 0.3) is 0 Å². The molecule has 1 unspecified atom stereocenters. The van der Waals surface area contributed by atoms with Crippen LogP contribution in [0.4, 0.5) is 8.78 Å². The minimum absolute atomic E-state index is 0.0791. The second-order valence-electron chi connectivity index (χ2n) is 6.58. The van der Waals surface area contributed by atoms with Gasteiger partial charge in [0.15, 0.2) is 0 Å². The number of halogens is 2. The van der Waals surface area contributed by atoms with Gasteiger partial charge in [-0.1, -0.05) is 36.4 Å². The summed E-state index contributed by atoms with van der Waals surface area (Å²) >= 11 is 0. The molecule has 1 fully saturated rings. The number of carboxylic acids is 1. The molecule has 0 bridgehead atoms. The fraction of sp³-hybridized carbons (Fsp3) is 0.350. The molecule has 1 aliphatic heterocycles. The Morgan fingerprint density at radius 1 is 1.12 bits per heavy atom. The van der Waals surface area contributed by atoms with Gasteiger partial charge in [-0.15, -0.1) is 0 Å². The van der Waals surface area contributed by atoms with Crippen LogP contribution in [-0.2, 0) is 11.3 Å². The number of carboxylic acid groups (broad SMARTS) is 1. The summed E-state index contributed by atoms with van der Waals surface area (Å²) in [6.07, 6.45) is 1.36. The Kier molecular flexibility index (Phi) is 5.43. The summed E-state index contributed by atoms with van der Waals surface area (Å²) in [5.74, 6) is -3.60. The summed E-state index contributed by atoms with van der Waals surface area (Å²) in [4.78, 5) is 14.0. The standard InChI is InChI=1S/C20H21F2NO2/c21-16-6-7-17(18(22)12-16)19(20(24)25)15-8-10-23(11-9-15)13-14-4-2-1-3-5-14/h1-7,12,15,19H,8-11,13H2,(H,24,25). The number of nitrogens with zero attached hydrogens (tertiary/aromatic N) is 1. The largest absolute Gasteiger partial charge is 0.481 e. The molecule has 25 heavy (non-hydrogen) atoms. The molecular formula is C20H21F2NO2. The zero-order valence-electron chi connectivity index (χ0n) is 13.9. The third-order valence-corrected chi connectivity index (χ3v) is 4.92. The fourth-order valence-electron chi connectivity index (χ4n) is 3.63. The highest BCUT2D eigenvalue weighted by molar-refractivity contribution is 5.76. The SMILES string of the molecule is O=C(O)C(c1ccc(F)cc1F)C1CCN(Cc2ccccc2)CC1. The molecule has 132 valence electrons. The first-order chi connectivity index (χ1) is 12.0. The molecule has 0 spiro atoms.